The van der Waals surface area contributed by atoms with Crippen molar-refractivity contribution in [3.05, 3.63) is 29.3 Å². The molecule has 0 aliphatic carbocycles. The fourth-order valence-electron chi connectivity index (χ4n) is 1.48. The number of amides is 1. The van der Waals surface area contributed by atoms with Gasteiger partial charge in [0.25, 0.3) is 0 Å². The minimum absolute atomic E-state index is 0.287. The van der Waals surface area contributed by atoms with Crippen molar-refractivity contribution in [1.82, 2.24) is 0 Å². The van der Waals surface area contributed by atoms with Crippen LogP contribution in [0.25, 0.3) is 0 Å². The van der Waals surface area contributed by atoms with Crippen LogP contribution in [0.15, 0.2) is 18.2 Å². The third kappa shape index (κ3) is 4.42. The molecule has 0 spiro atoms. The van der Waals surface area contributed by atoms with E-state index in [1.807, 2.05) is 0 Å². The molecule has 1 aromatic rings. The van der Waals surface area contributed by atoms with Gasteiger partial charge in [-0.3, -0.25) is 9.59 Å². The standard InChI is InChI=1S/C13H15NO5/c1-3-19-13(18)9-4-5-10(8(2)6-9)14-11(15)7-12(16)17/h4-6H,3,7H2,1-2H3,(H,14,15)(H,16,17). The molecule has 1 aromatic carbocycles. The Morgan fingerprint density at radius 1 is 1.32 bits per heavy atom. The second-order valence-corrected chi connectivity index (χ2v) is 3.87. The number of esters is 1. The van der Waals surface area contributed by atoms with Crippen molar-refractivity contribution in [2.24, 2.45) is 0 Å². The van der Waals surface area contributed by atoms with Crippen molar-refractivity contribution >= 4 is 23.5 Å². The maximum absolute atomic E-state index is 11.5. The van der Waals surface area contributed by atoms with Crippen LogP contribution in [0.2, 0.25) is 0 Å². The first-order valence-corrected chi connectivity index (χ1v) is 5.73. The topological polar surface area (TPSA) is 92.7 Å². The Balaban J connectivity index is 2.80. The van der Waals surface area contributed by atoms with Crippen LogP contribution in [-0.2, 0) is 14.3 Å². The number of hydrogen-bond acceptors (Lipinski definition) is 4. The summed E-state index contributed by atoms with van der Waals surface area (Å²) in [6.07, 6.45) is -0.598. The molecule has 0 aromatic heterocycles. The Morgan fingerprint density at radius 3 is 2.53 bits per heavy atom. The smallest absolute Gasteiger partial charge is 0.338 e. The molecule has 0 saturated heterocycles. The molecule has 2 N–H and O–H groups in total. The number of anilines is 1. The van der Waals surface area contributed by atoms with Crippen molar-refractivity contribution in [2.75, 3.05) is 11.9 Å². The van der Waals surface area contributed by atoms with Gasteiger partial charge in [0.15, 0.2) is 0 Å². The van der Waals surface area contributed by atoms with Gasteiger partial charge in [0.1, 0.15) is 6.42 Å². The van der Waals surface area contributed by atoms with E-state index in [4.69, 9.17) is 9.84 Å². The Kier molecular flexibility index (Phi) is 5.05. The number of nitrogens with one attached hydrogen (secondary N) is 1. The number of aryl methyl sites for hydroxylation is 1. The summed E-state index contributed by atoms with van der Waals surface area (Å²) in [7, 11) is 0. The highest BCUT2D eigenvalue weighted by Gasteiger charge is 2.11. The first kappa shape index (κ1) is 14.7. The van der Waals surface area contributed by atoms with Crippen molar-refractivity contribution in [1.29, 1.82) is 0 Å². The Bertz CT molecular complexity index is 510. The van der Waals surface area contributed by atoms with E-state index in [-0.39, 0.29) is 6.61 Å². The average Bonchev–Trinajstić information content (AvgIpc) is 2.31. The molecule has 0 radical (unpaired) electrons. The minimum atomic E-state index is -1.20. The van der Waals surface area contributed by atoms with Gasteiger partial charge < -0.3 is 15.2 Å². The van der Waals surface area contributed by atoms with Gasteiger partial charge in [-0.2, -0.15) is 0 Å². The maximum atomic E-state index is 11.5. The van der Waals surface area contributed by atoms with Crippen molar-refractivity contribution < 1.29 is 24.2 Å². The molecule has 1 rings (SSSR count). The van der Waals surface area contributed by atoms with Crippen LogP contribution in [0.1, 0.15) is 29.3 Å². The lowest BCUT2D eigenvalue weighted by molar-refractivity contribution is -0.139. The van der Waals surface area contributed by atoms with Crippen molar-refractivity contribution in [2.45, 2.75) is 20.3 Å². The zero-order valence-electron chi connectivity index (χ0n) is 10.7. The molecule has 6 heteroatoms. The third-order valence-electron chi connectivity index (χ3n) is 2.32. The molecule has 0 atom stereocenters. The molecule has 0 fully saturated rings. The van der Waals surface area contributed by atoms with E-state index in [0.717, 1.165) is 0 Å². The van der Waals surface area contributed by atoms with E-state index in [0.29, 0.717) is 16.8 Å². The number of carbonyl (C=O) groups excluding carboxylic acids is 2. The minimum Gasteiger partial charge on any atom is -0.481 e. The Morgan fingerprint density at radius 2 is 2.00 bits per heavy atom. The van der Waals surface area contributed by atoms with E-state index in [1.54, 1.807) is 26.0 Å². The molecule has 1 amide bonds. The molecule has 19 heavy (non-hydrogen) atoms. The van der Waals surface area contributed by atoms with Gasteiger partial charge in [0, 0.05) is 5.69 Å². The van der Waals surface area contributed by atoms with Crippen LogP contribution < -0.4 is 5.32 Å². The summed E-state index contributed by atoms with van der Waals surface area (Å²) >= 11 is 0. The second kappa shape index (κ2) is 6.53. The van der Waals surface area contributed by atoms with Crippen LogP contribution in [0.5, 0.6) is 0 Å². The largest absolute Gasteiger partial charge is 0.481 e. The summed E-state index contributed by atoms with van der Waals surface area (Å²) in [5, 5.41) is 11.0. The van der Waals surface area contributed by atoms with Gasteiger partial charge >= 0.3 is 11.9 Å². The van der Waals surface area contributed by atoms with Crippen molar-refractivity contribution in [3.63, 3.8) is 0 Å². The van der Waals surface area contributed by atoms with E-state index < -0.39 is 24.3 Å². The van der Waals surface area contributed by atoms with Crippen LogP contribution in [-0.4, -0.2) is 29.6 Å². The highest BCUT2D eigenvalue weighted by molar-refractivity contribution is 6.02. The first-order valence-electron chi connectivity index (χ1n) is 5.73. The van der Waals surface area contributed by atoms with Gasteiger partial charge in [0.05, 0.1) is 12.2 Å². The molecule has 0 heterocycles. The molecule has 0 unspecified atom stereocenters. The number of ether oxygens (including phenoxy) is 1. The molecular weight excluding hydrogens is 250 g/mol. The summed E-state index contributed by atoms with van der Waals surface area (Å²) in [6.45, 7) is 3.71. The zero-order chi connectivity index (χ0) is 14.4. The molecule has 0 aliphatic rings. The van der Waals surface area contributed by atoms with Gasteiger partial charge in [0.2, 0.25) is 5.91 Å². The molecule has 0 aliphatic heterocycles. The fourth-order valence-corrected chi connectivity index (χ4v) is 1.48. The summed E-state index contributed by atoms with van der Waals surface area (Å²) in [4.78, 5) is 33.2. The predicted molar refractivity (Wildman–Crippen MR) is 68.0 cm³/mol. The van der Waals surface area contributed by atoms with E-state index >= 15 is 0 Å². The Labute approximate surface area is 110 Å². The van der Waals surface area contributed by atoms with Crippen molar-refractivity contribution in [3.8, 4) is 0 Å². The zero-order valence-corrected chi connectivity index (χ0v) is 10.7. The SMILES string of the molecule is CCOC(=O)c1ccc(NC(=O)CC(=O)O)c(C)c1. The number of carbonyl (C=O) groups is 3. The summed E-state index contributed by atoms with van der Waals surface area (Å²) in [5.74, 6) is -2.24. The molecule has 6 nitrogen and oxygen atoms in total. The summed E-state index contributed by atoms with van der Waals surface area (Å²) < 4.78 is 4.85. The predicted octanol–water partition coefficient (Wildman–Crippen LogP) is 1.58. The van der Waals surface area contributed by atoms with Crippen LogP contribution in [0.4, 0.5) is 5.69 Å². The third-order valence-corrected chi connectivity index (χ3v) is 2.32. The number of benzene rings is 1. The van der Waals surface area contributed by atoms with E-state index in [1.165, 1.54) is 6.07 Å². The highest BCUT2D eigenvalue weighted by Crippen LogP contribution is 2.17. The number of aliphatic carboxylic acids is 1. The maximum Gasteiger partial charge on any atom is 0.338 e. The first-order chi connectivity index (χ1) is 8.93. The number of carboxylic acids is 1. The fraction of sp³-hybridized carbons (Fsp3) is 0.308. The molecule has 102 valence electrons. The average molecular weight is 265 g/mol. The molecular formula is C13H15NO5. The lowest BCUT2D eigenvalue weighted by Crippen LogP contribution is -2.16. The van der Waals surface area contributed by atoms with Crippen LogP contribution >= 0.6 is 0 Å². The molecule has 0 saturated carbocycles. The van der Waals surface area contributed by atoms with E-state index in [9.17, 15) is 14.4 Å². The highest BCUT2D eigenvalue weighted by atomic mass is 16.5. The van der Waals surface area contributed by atoms with Crippen LogP contribution in [0, 0.1) is 6.92 Å². The molecule has 0 bridgehead atoms. The Hall–Kier alpha value is -2.37. The second-order valence-electron chi connectivity index (χ2n) is 3.87. The normalized spacial score (nSPS) is 9.79. The number of hydrogen-bond donors (Lipinski definition) is 2. The lowest BCUT2D eigenvalue weighted by Gasteiger charge is -2.09. The van der Waals surface area contributed by atoms with E-state index in [2.05, 4.69) is 5.32 Å². The summed E-state index contributed by atoms with van der Waals surface area (Å²) in [6, 6.07) is 4.64. The van der Waals surface area contributed by atoms with Gasteiger partial charge in [-0.15, -0.1) is 0 Å². The van der Waals surface area contributed by atoms with Gasteiger partial charge in [-0.05, 0) is 37.6 Å². The summed E-state index contributed by atoms with van der Waals surface area (Å²) in [5.41, 5.74) is 1.51. The number of rotatable bonds is 5. The monoisotopic (exact) mass is 265 g/mol. The lowest BCUT2D eigenvalue weighted by atomic mass is 10.1. The quantitative estimate of drug-likeness (QED) is 0.623. The van der Waals surface area contributed by atoms with Gasteiger partial charge in [-0.25, -0.2) is 4.79 Å². The van der Waals surface area contributed by atoms with Crippen LogP contribution in [0.3, 0.4) is 0 Å². The number of carboxylic acid groups (broad SMARTS) is 1. The van der Waals surface area contributed by atoms with Gasteiger partial charge in [-0.1, -0.05) is 0 Å².